The van der Waals surface area contributed by atoms with Gasteiger partial charge in [0.1, 0.15) is 17.7 Å². The lowest BCUT2D eigenvalue weighted by molar-refractivity contribution is -0.137. The van der Waals surface area contributed by atoms with Crippen molar-refractivity contribution in [2.45, 2.75) is 59.3 Å². The van der Waals surface area contributed by atoms with Crippen LogP contribution >= 0.6 is 0 Å². The van der Waals surface area contributed by atoms with Crippen molar-refractivity contribution in [3.8, 4) is 0 Å². The van der Waals surface area contributed by atoms with Crippen LogP contribution in [-0.2, 0) is 27.8 Å². The number of carboxylic acid groups (broad SMARTS) is 1. The molecule has 0 spiro atoms. The number of aliphatic carboxylic acids is 1. The Bertz CT molecular complexity index is 1200. The lowest BCUT2D eigenvalue weighted by Gasteiger charge is -2.13. The van der Waals surface area contributed by atoms with Gasteiger partial charge in [0.25, 0.3) is 5.91 Å². The van der Waals surface area contributed by atoms with E-state index in [4.69, 9.17) is 9.52 Å². The summed E-state index contributed by atoms with van der Waals surface area (Å²) >= 11 is 0. The molecule has 0 bridgehead atoms. The number of rotatable bonds is 8. The van der Waals surface area contributed by atoms with Gasteiger partial charge in [-0.2, -0.15) is 0 Å². The first-order valence-electron chi connectivity index (χ1n) is 11.1. The predicted molar refractivity (Wildman–Crippen MR) is 130 cm³/mol. The van der Waals surface area contributed by atoms with Crippen LogP contribution < -0.4 is 10.6 Å². The minimum Gasteiger partial charge on any atom is -0.481 e. The van der Waals surface area contributed by atoms with Gasteiger partial charge in [-0.05, 0) is 49.1 Å². The van der Waals surface area contributed by atoms with E-state index in [1.165, 1.54) is 6.26 Å². The highest BCUT2D eigenvalue weighted by atomic mass is 16.4. The molecule has 34 heavy (non-hydrogen) atoms. The average molecular weight is 466 g/mol. The fraction of sp³-hybridized carbons (Fsp3) is 0.346. The Kier molecular flexibility index (Phi) is 7.29. The van der Waals surface area contributed by atoms with Crippen LogP contribution in [0.15, 0.2) is 41.0 Å². The summed E-state index contributed by atoms with van der Waals surface area (Å²) in [6.45, 7) is 9.74. The van der Waals surface area contributed by atoms with Gasteiger partial charge in [-0.1, -0.05) is 32.9 Å². The number of H-pyrrole nitrogens is 1. The van der Waals surface area contributed by atoms with Crippen molar-refractivity contribution in [1.82, 2.24) is 4.98 Å². The molecule has 0 unspecified atom stereocenters. The summed E-state index contributed by atoms with van der Waals surface area (Å²) in [4.78, 5) is 39.1. The van der Waals surface area contributed by atoms with Crippen LogP contribution in [0.5, 0.6) is 0 Å². The lowest BCUT2D eigenvalue weighted by atomic mass is 9.93. The second-order valence-corrected chi connectivity index (χ2v) is 9.45. The van der Waals surface area contributed by atoms with Crippen LogP contribution in [0.3, 0.4) is 0 Å². The summed E-state index contributed by atoms with van der Waals surface area (Å²) < 4.78 is 5.53. The van der Waals surface area contributed by atoms with Crippen LogP contribution in [0.25, 0.3) is 0 Å². The predicted octanol–water partition coefficient (Wildman–Crippen LogP) is 4.97. The number of carbonyl (C=O) groups is 3. The summed E-state index contributed by atoms with van der Waals surface area (Å²) in [5, 5.41) is 14.6. The minimum atomic E-state index is -0.876. The quantitative estimate of drug-likeness (QED) is 0.374. The zero-order valence-corrected chi connectivity index (χ0v) is 20.2. The zero-order valence-electron chi connectivity index (χ0n) is 20.2. The molecule has 0 aliphatic rings. The number of carboxylic acids is 1. The molecule has 0 aliphatic heterocycles. The van der Waals surface area contributed by atoms with Crippen LogP contribution in [-0.4, -0.2) is 27.9 Å². The molecular formula is C26H31N3O5. The van der Waals surface area contributed by atoms with Gasteiger partial charge in [-0.25, -0.2) is 0 Å². The van der Waals surface area contributed by atoms with E-state index >= 15 is 0 Å². The molecule has 180 valence electrons. The van der Waals surface area contributed by atoms with Crippen molar-refractivity contribution in [2.24, 2.45) is 0 Å². The number of aromatic nitrogens is 1. The largest absolute Gasteiger partial charge is 0.481 e. The standard InChI is InChI=1S/C26H31N3O5/c1-15-20(10-11-23(31)32)16(2)27-24(15)25(33)29-18-8-6-17(7-9-18)12-22(30)28-19-13-21(34-14-19)26(3,4)5/h6-9,13-14,27H,10-12H2,1-5H3,(H,28,30)(H,29,33)(H,31,32). The number of furan rings is 1. The van der Waals surface area contributed by atoms with Crippen molar-refractivity contribution in [3.63, 3.8) is 0 Å². The molecule has 0 aliphatic carbocycles. The average Bonchev–Trinajstić information content (AvgIpc) is 3.32. The number of carbonyl (C=O) groups excluding carboxylic acids is 2. The van der Waals surface area contributed by atoms with E-state index < -0.39 is 5.97 Å². The second kappa shape index (κ2) is 9.99. The molecule has 0 fully saturated rings. The van der Waals surface area contributed by atoms with Gasteiger partial charge in [0, 0.05) is 29.3 Å². The van der Waals surface area contributed by atoms with Crippen LogP contribution in [0.2, 0.25) is 0 Å². The number of anilines is 2. The van der Waals surface area contributed by atoms with Crippen LogP contribution in [0.4, 0.5) is 11.4 Å². The molecule has 3 rings (SSSR count). The Morgan fingerprint density at radius 1 is 1.03 bits per heavy atom. The van der Waals surface area contributed by atoms with Gasteiger partial charge in [0.05, 0.1) is 12.1 Å². The Hall–Kier alpha value is -3.81. The summed E-state index contributed by atoms with van der Waals surface area (Å²) in [7, 11) is 0. The number of nitrogens with one attached hydrogen (secondary N) is 3. The maximum atomic E-state index is 12.7. The molecule has 4 N–H and O–H groups in total. The van der Waals surface area contributed by atoms with E-state index in [1.54, 1.807) is 24.3 Å². The third-order valence-electron chi connectivity index (χ3n) is 5.61. The fourth-order valence-electron chi connectivity index (χ4n) is 3.71. The molecule has 8 nitrogen and oxygen atoms in total. The Labute approximate surface area is 198 Å². The second-order valence-electron chi connectivity index (χ2n) is 9.45. The molecule has 0 atom stereocenters. The smallest absolute Gasteiger partial charge is 0.303 e. The molecule has 0 saturated carbocycles. The Morgan fingerprint density at radius 3 is 2.29 bits per heavy atom. The van der Waals surface area contributed by atoms with E-state index in [-0.39, 0.29) is 30.1 Å². The molecule has 0 radical (unpaired) electrons. The highest BCUT2D eigenvalue weighted by Crippen LogP contribution is 2.26. The van der Waals surface area contributed by atoms with Crippen molar-refractivity contribution in [3.05, 3.63) is 70.4 Å². The van der Waals surface area contributed by atoms with E-state index in [9.17, 15) is 14.4 Å². The van der Waals surface area contributed by atoms with Gasteiger partial charge < -0.3 is 25.1 Å². The highest BCUT2D eigenvalue weighted by molar-refractivity contribution is 6.04. The van der Waals surface area contributed by atoms with Gasteiger partial charge in [0.2, 0.25) is 5.91 Å². The number of aryl methyl sites for hydroxylation is 1. The van der Waals surface area contributed by atoms with Gasteiger partial charge in [0.15, 0.2) is 0 Å². The maximum Gasteiger partial charge on any atom is 0.303 e. The van der Waals surface area contributed by atoms with Gasteiger partial charge >= 0.3 is 5.97 Å². The SMILES string of the molecule is Cc1[nH]c(C(=O)Nc2ccc(CC(=O)Nc3coc(C(C)(C)C)c3)cc2)c(C)c1CCC(=O)O. The molecule has 3 aromatic rings. The first-order valence-corrected chi connectivity index (χ1v) is 11.1. The van der Waals surface area contributed by atoms with Gasteiger partial charge in [-0.15, -0.1) is 0 Å². The Morgan fingerprint density at radius 2 is 1.71 bits per heavy atom. The molecule has 1 aromatic carbocycles. The number of hydrogen-bond donors (Lipinski definition) is 4. The number of amides is 2. The van der Waals surface area contributed by atoms with Gasteiger partial charge in [-0.3, -0.25) is 14.4 Å². The van der Waals surface area contributed by atoms with Crippen molar-refractivity contribution < 1.29 is 23.9 Å². The third kappa shape index (κ3) is 6.15. The topological polar surface area (TPSA) is 124 Å². The van der Waals surface area contributed by atoms with Crippen molar-refractivity contribution in [1.29, 1.82) is 0 Å². The summed E-state index contributed by atoms with van der Waals surface area (Å²) in [6, 6.07) is 8.89. The normalized spacial score (nSPS) is 11.3. The fourth-order valence-corrected chi connectivity index (χ4v) is 3.71. The summed E-state index contributed by atoms with van der Waals surface area (Å²) in [5.41, 5.74) is 4.68. The molecule has 8 heteroatoms. The minimum absolute atomic E-state index is 0.00792. The summed E-state index contributed by atoms with van der Waals surface area (Å²) in [5.74, 6) is -0.546. The number of hydrogen-bond acceptors (Lipinski definition) is 4. The lowest BCUT2D eigenvalue weighted by Crippen LogP contribution is -2.15. The number of aromatic amines is 1. The van der Waals surface area contributed by atoms with E-state index in [0.717, 1.165) is 28.1 Å². The molecule has 0 saturated heterocycles. The monoisotopic (exact) mass is 465 g/mol. The summed E-state index contributed by atoms with van der Waals surface area (Å²) in [6.07, 6.45) is 2.10. The highest BCUT2D eigenvalue weighted by Gasteiger charge is 2.20. The first-order chi connectivity index (χ1) is 15.9. The Balaban J connectivity index is 1.59. The van der Waals surface area contributed by atoms with Crippen LogP contribution in [0, 0.1) is 13.8 Å². The van der Waals surface area contributed by atoms with E-state index in [2.05, 4.69) is 15.6 Å². The molecule has 2 aromatic heterocycles. The molecular weight excluding hydrogens is 434 g/mol. The maximum absolute atomic E-state index is 12.7. The van der Waals surface area contributed by atoms with E-state index in [1.807, 2.05) is 40.7 Å². The van der Waals surface area contributed by atoms with Crippen LogP contribution in [0.1, 0.15) is 65.8 Å². The molecule has 2 heterocycles. The van der Waals surface area contributed by atoms with Crippen molar-refractivity contribution in [2.75, 3.05) is 10.6 Å². The molecule has 2 amide bonds. The van der Waals surface area contributed by atoms with E-state index in [0.29, 0.717) is 23.5 Å². The zero-order chi connectivity index (χ0) is 25.0. The van der Waals surface area contributed by atoms with Crippen molar-refractivity contribution >= 4 is 29.2 Å². The number of benzene rings is 1. The first kappa shape index (κ1) is 24.8. The third-order valence-corrected chi connectivity index (χ3v) is 5.61.